The summed E-state index contributed by atoms with van der Waals surface area (Å²) in [4.78, 5) is 2.91. The van der Waals surface area contributed by atoms with E-state index in [0.29, 0.717) is 0 Å². The molecule has 0 aromatic carbocycles. The third-order valence-corrected chi connectivity index (χ3v) is 6.82. The fourth-order valence-electron chi connectivity index (χ4n) is 5.62. The molecule has 2 heteroatoms. The molecule has 1 heterocycles. The maximum Gasteiger partial charge on any atom is 0.0247 e. The second-order valence-corrected chi connectivity index (χ2v) is 8.48. The van der Waals surface area contributed by atoms with Crippen LogP contribution in [0, 0.1) is 23.7 Å². The SMILES string of the molecule is CCCC1CN(C(C)C2CC3CCC2C3)C(C(C)C)CN1. The molecule has 0 spiro atoms. The molecule has 2 nitrogen and oxygen atoms in total. The van der Waals surface area contributed by atoms with Crippen LogP contribution in [0.5, 0.6) is 0 Å². The van der Waals surface area contributed by atoms with E-state index in [2.05, 4.69) is 37.9 Å². The third-order valence-electron chi connectivity index (χ3n) is 6.82. The average Bonchev–Trinajstić information content (AvgIpc) is 3.09. The van der Waals surface area contributed by atoms with Crippen LogP contribution in [0.2, 0.25) is 0 Å². The molecule has 0 radical (unpaired) electrons. The van der Waals surface area contributed by atoms with Gasteiger partial charge < -0.3 is 5.32 Å². The number of fused-ring (bicyclic) bond motifs is 2. The van der Waals surface area contributed by atoms with Gasteiger partial charge >= 0.3 is 0 Å². The monoisotopic (exact) mass is 292 g/mol. The van der Waals surface area contributed by atoms with Crippen LogP contribution in [0.25, 0.3) is 0 Å². The lowest BCUT2D eigenvalue weighted by Crippen LogP contribution is -2.62. The maximum atomic E-state index is 3.82. The molecule has 0 aromatic heterocycles. The molecule has 0 aromatic rings. The summed E-state index contributed by atoms with van der Waals surface area (Å²) in [6.07, 6.45) is 8.77. The van der Waals surface area contributed by atoms with Crippen molar-refractivity contribution in [1.29, 1.82) is 0 Å². The molecule has 1 N–H and O–H groups in total. The summed E-state index contributed by atoms with van der Waals surface area (Å²) in [5, 5.41) is 3.82. The van der Waals surface area contributed by atoms with Crippen molar-refractivity contribution in [1.82, 2.24) is 10.2 Å². The molecule has 1 saturated heterocycles. The van der Waals surface area contributed by atoms with Crippen LogP contribution in [0.15, 0.2) is 0 Å². The lowest BCUT2D eigenvalue weighted by Gasteiger charge is -2.48. The Labute approximate surface area is 132 Å². The summed E-state index contributed by atoms with van der Waals surface area (Å²) in [5.41, 5.74) is 0. The Kier molecular flexibility index (Phi) is 4.95. The molecular weight excluding hydrogens is 256 g/mol. The first kappa shape index (κ1) is 15.8. The summed E-state index contributed by atoms with van der Waals surface area (Å²) in [7, 11) is 0. The maximum absolute atomic E-state index is 3.82. The Bertz CT molecular complexity index is 340. The van der Waals surface area contributed by atoms with Crippen LogP contribution in [-0.2, 0) is 0 Å². The highest BCUT2D eigenvalue weighted by Crippen LogP contribution is 2.50. The van der Waals surface area contributed by atoms with E-state index >= 15 is 0 Å². The fraction of sp³-hybridized carbons (Fsp3) is 1.00. The van der Waals surface area contributed by atoms with Gasteiger partial charge in [0.2, 0.25) is 0 Å². The van der Waals surface area contributed by atoms with Crippen LogP contribution >= 0.6 is 0 Å². The highest BCUT2D eigenvalue weighted by molar-refractivity contribution is 4.98. The topological polar surface area (TPSA) is 15.3 Å². The van der Waals surface area contributed by atoms with Crippen LogP contribution in [0.3, 0.4) is 0 Å². The lowest BCUT2D eigenvalue weighted by atomic mass is 9.81. The molecule has 3 rings (SSSR count). The first-order valence-corrected chi connectivity index (χ1v) is 9.59. The van der Waals surface area contributed by atoms with Crippen LogP contribution in [-0.4, -0.2) is 36.1 Å². The molecule has 0 amide bonds. The first-order chi connectivity index (χ1) is 10.1. The van der Waals surface area contributed by atoms with Crippen molar-refractivity contribution in [3.8, 4) is 0 Å². The number of nitrogens with one attached hydrogen (secondary N) is 1. The van der Waals surface area contributed by atoms with Crippen molar-refractivity contribution < 1.29 is 0 Å². The van der Waals surface area contributed by atoms with Crippen molar-refractivity contribution in [3.63, 3.8) is 0 Å². The van der Waals surface area contributed by atoms with E-state index < -0.39 is 0 Å². The van der Waals surface area contributed by atoms with Gasteiger partial charge in [0, 0.05) is 31.2 Å². The van der Waals surface area contributed by atoms with Crippen LogP contribution in [0.1, 0.15) is 66.2 Å². The van der Waals surface area contributed by atoms with Crippen molar-refractivity contribution in [2.75, 3.05) is 13.1 Å². The smallest absolute Gasteiger partial charge is 0.0247 e. The predicted octanol–water partition coefficient (Wildman–Crippen LogP) is 3.91. The van der Waals surface area contributed by atoms with Crippen LogP contribution < -0.4 is 5.32 Å². The second kappa shape index (κ2) is 6.58. The highest BCUT2D eigenvalue weighted by atomic mass is 15.3. The van der Waals surface area contributed by atoms with E-state index in [9.17, 15) is 0 Å². The van der Waals surface area contributed by atoms with E-state index in [1.54, 1.807) is 6.42 Å². The minimum atomic E-state index is 0.728. The van der Waals surface area contributed by atoms with E-state index in [0.717, 1.165) is 41.8 Å². The van der Waals surface area contributed by atoms with E-state index in [4.69, 9.17) is 0 Å². The Morgan fingerprint density at radius 2 is 1.95 bits per heavy atom. The Balaban J connectivity index is 1.68. The number of hydrogen-bond donors (Lipinski definition) is 1. The minimum absolute atomic E-state index is 0.728. The predicted molar refractivity (Wildman–Crippen MR) is 90.4 cm³/mol. The molecule has 122 valence electrons. The van der Waals surface area contributed by atoms with Gasteiger partial charge in [0.15, 0.2) is 0 Å². The summed E-state index contributed by atoms with van der Waals surface area (Å²) in [6.45, 7) is 12.2. The van der Waals surface area contributed by atoms with E-state index in [1.807, 2.05) is 0 Å². The third kappa shape index (κ3) is 3.17. The zero-order valence-corrected chi connectivity index (χ0v) is 14.6. The van der Waals surface area contributed by atoms with Crippen molar-refractivity contribution in [2.24, 2.45) is 23.7 Å². The molecule has 3 fully saturated rings. The average molecular weight is 293 g/mol. The van der Waals surface area contributed by atoms with Crippen LogP contribution in [0.4, 0.5) is 0 Å². The van der Waals surface area contributed by atoms with E-state index in [-0.39, 0.29) is 0 Å². The second-order valence-electron chi connectivity index (χ2n) is 8.48. The van der Waals surface area contributed by atoms with Crippen molar-refractivity contribution in [3.05, 3.63) is 0 Å². The number of hydrogen-bond acceptors (Lipinski definition) is 2. The summed E-state index contributed by atoms with van der Waals surface area (Å²) in [5.74, 6) is 3.89. The van der Waals surface area contributed by atoms with Gasteiger partial charge in [-0.15, -0.1) is 0 Å². The zero-order chi connectivity index (χ0) is 15.0. The van der Waals surface area contributed by atoms with Gasteiger partial charge in [-0.25, -0.2) is 0 Å². The molecule has 1 aliphatic heterocycles. The minimum Gasteiger partial charge on any atom is -0.311 e. The van der Waals surface area contributed by atoms with Gasteiger partial charge in [-0.2, -0.15) is 0 Å². The Morgan fingerprint density at radius 3 is 2.52 bits per heavy atom. The van der Waals surface area contributed by atoms with Gasteiger partial charge in [-0.3, -0.25) is 4.90 Å². The van der Waals surface area contributed by atoms with Crippen molar-refractivity contribution >= 4 is 0 Å². The van der Waals surface area contributed by atoms with Gasteiger partial charge in [0.1, 0.15) is 0 Å². The number of piperazine rings is 1. The lowest BCUT2D eigenvalue weighted by molar-refractivity contribution is 0.0226. The first-order valence-electron chi connectivity index (χ1n) is 9.59. The van der Waals surface area contributed by atoms with E-state index in [1.165, 1.54) is 45.2 Å². The molecule has 2 aliphatic carbocycles. The summed E-state index contributed by atoms with van der Waals surface area (Å²) >= 11 is 0. The normalized spacial score (nSPS) is 41.9. The number of rotatable bonds is 5. The molecular formula is C19H36N2. The molecule has 6 unspecified atom stereocenters. The molecule has 3 aliphatic rings. The van der Waals surface area contributed by atoms with Crippen molar-refractivity contribution in [2.45, 2.75) is 84.3 Å². The summed E-state index contributed by atoms with van der Waals surface area (Å²) < 4.78 is 0. The molecule has 2 saturated carbocycles. The highest BCUT2D eigenvalue weighted by Gasteiger charge is 2.45. The van der Waals surface area contributed by atoms with Gasteiger partial charge in [-0.1, -0.05) is 33.6 Å². The fourth-order valence-corrected chi connectivity index (χ4v) is 5.62. The number of nitrogens with zero attached hydrogens (tertiary/aromatic N) is 1. The molecule has 2 bridgehead atoms. The van der Waals surface area contributed by atoms with Gasteiger partial charge in [0.25, 0.3) is 0 Å². The molecule has 6 atom stereocenters. The zero-order valence-electron chi connectivity index (χ0n) is 14.6. The largest absolute Gasteiger partial charge is 0.311 e. The summed E-state index contributed by atoms with van der Waals surface area (Å²) in [6, 6.07) is 2.27. The Hall–Kier alpha value is -0.0800. The Morgan fingerprint density at radius 1 is 1.14 bits per heavy atom. The van der Waals surface area contributed by atoms with Gasteiger partial charge in [-0.05, 0) is 56.3 Å². The standard InChI is InChI=1S/C19H36N2/c1-5-6-17-12-21(19(11-20-17)13(2)3)14(4)18-10-15-7-8-16(18)9-15/h13-20H,5-12H2,1-4H3. The van der Waals surface area contributed by atoms with Gasteiger partial charge in [0.05, 0.1) is 0 Å². The quantitative estimate of drug-likeness (QED) is 0.826. The molecule has 21 heavy (non-hydrogen) atoms.